The number of rotatable bonds is 4. The van der Waals surface area contributed by atoms with Crippen LogP contribution >= 0.6 is 11.8 Å². The molecule has 0 saturated heterocycles. The van der Waals surface area contributed by atoms with Crippen LogP contribution in [0.4, 0.5) is 0 Å². The van der Waals surface area contributed by atoms with Crippen molar-refractivity contribution in [2.75, 3.05) is 0 Å². The van der Waals surface area contributed by atoms with Crippen LogP contribution in [-0.4, -0.2) is 11.5 Å². The highest BCUT2D eigenvalue weighted by Crippen LogP contribution is 2.67. The van der Waals surface area contributed by atoms with E-state index in [9.17, 15) is 0 Å². The molecule has 2 aliphatic heterocycles. The fourth-order valence-electron chi connectivity index (χ4n) is 10.3. The number of hydrogen-bond acceptors (Lipinski definition) is 4. The molecule has 0 radical (unpaired) electrons. The Hall–Kier alpha value is -5.71. The second-order valence-electron chi connectivity index (χ2n) is 15.6. The molecular formula is C51H41N3S. The van der Waals surface area contributed by atoms with Crippen molar-refractivity contribution in [1.29, 1.82) is 0 Å². The molecule has 6 atom stereocenters. The van der Waals surface area contributed by atoms with E-state index in [1.165, 1.54) is 59.5 Å². The first-order chi connectivity index (χ1) is 27.2. The van der Waals surface area contributed by atoms with Gasteiger partial charge in [-0.25, -0.2) is 4.99 Å². The quantitative estimate of drug-likeness (QED) is 0.200. The summed E-state index contributed by atoms with van der Waals surface area (Å²) in [5, 5.41) is 2.49. The maximum atomic E-state index is 6.84. The van der Waals surface area contributed by atoms with E-state index in [2.05, 4.69) is 170 Å². The molecule has 0 saturated carbocycles. The highest BCUT2D eigenvalue weighted by molar-refractivity contribution is 8.03. The van der Waals surface area contributed by atoms with Crippen LogP contribution in [0.5, 0.6) is 0 Å². The monoisotopic (exact) mass is 727 g/mol. The van der Waals surface area contributed by atoms with Crippen molar-refractivity contribution in [3.05, 3.63) is 220 Å². The molecule has 3 nitrogen and oxygen atoms in total. The van der Waals surface area contributed by atoms with Crippen LogP contribution in [0, 0.1) is 11.8 Å². The Bertz CT molecular complexity index is 2650. The molecule has 0 aromatic heterocycles. The summed E-state index contributed by atoms with van der Waals surface area (Å²) in [5.41, 5.74) is 17.9. The Morgan fingerprint density at radius 3 is 2.38 bits per heavy atom. The summed E-state index contributed by atoms with van der Waals surface area (Å²) in [6, 6.07) is 42.4. The highest BCUT2D eigenvalue weighted by Gasteiger charge is 2.57. The average Bonchev–Trinajstić information content (AvgIpc) is 3.54. The number of nitrogens with two attached hydrogens (primary N) is 1. The second kappa shape index (κ2) is 13.0. The van der Waals surface area contributed by atoms with Crippen LogP contribution in [0.1, 0.15) is 70.5 Å². The van der Waals surface area contributed by atoms with Crippen LogP contribution < -0.4 is 5.73 Å². The molecule has 5 aromatic carbocycles. The Kier molecular flexibility index (Phi) is 7.70. The lowest BCUT2D eigenvalue weighted by Gasteiger charge is -2.47. The summed E-state index contributed by atoms with van der Waals surface area (Å²) in [4.78, 5) is 13.9. The number of fused-ring (bicyclic) bond motifs is 9. The van der Waals surface area contributed by atoms with Crippen molar-refractivity contribution in [2.45, 2.75) is 47.5 Å². The molecule has 1 spiro atoms. The number of thioether (sulfide) groups is 1. The van der Waals surface area contributed by atoms with Gasteiger partial charge in [0.2, 0.25) is 0 Å². The van der Waals surface area contributed by atoms with Gasteiger partial charge in [-0.05, 0) is 74.7 Å². The van der Waals surface area contributed by atoms with Gasteiger partial charge in [0.1, 0.15) is 5.84 Å². The number of amidine groups is 1. The van der Waals surface area contributed by atoms with Crippen molar-refractivity contribution in [1.82, 2.24) is 0 Å². The molecule has 0 amide bonds. The van der Waals surface area contributed by atoms with Crippen LogP contribution in [0.25, 0.3) is 10.8 Å². The number of benzene rings is 5. The van der Waals surface area contributed by atoms with Gasteiger partial charge in [0.15, 0.2) is 0 Å². The molecule has 4 aliphatic carbocycles. The van der Waals surface area contributed by atoms with Crippen molar-refractivity contribution >= 4 is 34.1 Å². The molecule has 2 heterocycles. The predicted octanol–water partition coefficient (Wildman–Crippen LogP) is 11.8. The maximum absolute atomic E-state index is 6.84. The van der Waals surface area contributed by atoms with E-state index in [4.69, 9.17) is 15.7 Å². The first-order valence-corrected chi connectivity index (χ1v) is 20.5. The third-order valence-corrected chi connectivity index (χ3v) is 14.2. The SMILES string of the molecule is NC1=CC=CCC1c1cccc2c1SC1=C(C=CCC1C1=NC(c3ccc4ccccc4c3)CC(c3ccccc3)=N1)C21c2ccccc2C2C=CC=CC21. The first-order valence-electron chi connectivity index (χ1n) is 19.7. The molecule has 6 aliphatic rings. The van der Waals surface area contributed by atoms with Crippen LogP contribution in [0.3, 0.4) is 0 Å². The van der Waals surface area contributed by atoms with Gasteiger partial charge < -0.3 is 5.73 Å². The number of aliphatic imine (C=N–C) groups is 2. The number of allylic oxidation sites excluding steroid dienone is 11. The average molecular weight is 728 g/mol. The van der Waals surface area contributed by atoms with Gasteiger partial charge in [-0.2, -0.15) is 0 Å². The first kappa shape index (κ1) is 32.7. The van der Waals surface area contributed by atoms with Gasteiger partial charge in [0.05, 0.1) is 23.1 Å². The summed E-state index contributed by atoms with van der Waals surface area (Å²) in [6.45, 7) is 0. The van der Waals surface area contributed by atoms with Gasteiger partial charge in [-0.3, -0.25) is 4.99 Å². The fourth-order valence-corrected chi connectivity index (χ4v) is 11.9. The maximum Gasteiger partial charge on any atom is 0.132 e. The Balaban J connectivity index is 1.14. The largest absolute Gasteiger partial charge is 0.402 e. The lowest BCUT2D eigenvalue weighted by molar-refractivity contribution is 0.441. The standard InChI is InChI=1S/C51H41N3S/c52-45-27-11-8-20-38(45)39-21-12-25-43-48(39)55-49-40(22-13-26-44(49)51(43)41-23-9-6-18-36(41)37-19-7-10-24-42(37)51)50-53-46(33-15-2-1-3-16-33)31-47(54-50)35-29-28-32-14-4-5-17-34(32)30-35/h1-19,21,23-30,36,38,40-41,47H,20,22,31,52H2. The molecule has 0 bridgehead atoms. The minimum atomic E-state index is -0.369. The third-order valence-electron chi connectivity index (χ3n) is 12.8. The van der Waals surface area contributed by atoms with E-state index in [-0.39, 0.29) is 35.1 Å². The molecule has 55 heavy (non-hydrogen) atoms. The summed E-state index contributed by atoms with van der Waals surface area (Å²) >= 11 is 1.97. The predicted molar refractivity (Wildman–Crippen MR) is 229 cm³/mol. The Morgan fingerprint density at radius 2 is 1.47 bits per heavy atom. The zero-order valence-electron chi connectivity index (χ0n) is 30.6. The van der Waals surface area contributed by atoms with Crippen LogP contribution in [-0.2, 0) is 5.41 Å². The molecule has 4 heteroatoms. The van der Waals surface area contributed by atoms with E-state index in [0.29, 0.717) is 0 Å². The minimum absolute atomic E-state index is 0.0125. The molecule has 0 fully saturated rings. The Labute approximate surface area is 327 Å². The van der Waals surface area contributed by atoms with Crippen molar-refractivity contribution in [2.24, 2.45) is 27.6 Å². The lowest BCUT2D eigenvalue weighted by Crippen LogP contribution is -2.40. The fraction of sp³-hybridized carbons (Fsp3) is 0.176. The molecule has 5 aromatic rings. The molecule has 6 unspecified atom stereocenters. The van der Waals surface area contributed by atoms with Gasteiger partial charge >= 0.3 is 0 Å². The van der Waals surface area contributed by atoms with Crippen molar-refractivity contribution in [3.63, 3.8) is 0 Å². The summed E-state index contributed by atoms with van der Waals surface area (Å²) in [6.07, 6.45) is 23.3. The highest BCUT2D eigenvalue weighted by atomic mass is 32.2. The summed E-state index contributed by atoms with van der Waals surface area (Å²) in [5.74, 6) is 1.60. The van der Waals surface area contributed by atoms with E-state index in [0.717, 1.165) is 36.5 Å². The summed E-state index contributed by atoms with van der Waals surface area (Å²) in [7, 11) is 0. The molecule has 11 rings (SSSR count). The smallest absolute Gasteiger partial charge is 0.132 e. The van der Waals surface area contributed by atoms with E-state index < -0.39 is 0 Å². The zero-order chi connectivity index (χ0) is 36.5. The van der Waals surface area contributed by atoms with Crippen LogP contribution in [0.2, 0.25) is 0 Å². The van der Waals surface area contributed by atoms with E-state index in [1.807, 2.05) is 11.8 Å². The second-order valence-corrected chi connectivity index (χ2v) is 16.7. The Morgan fingerprint density at radius 1 is 0.691 bits per heavy atom. The van der Waals surface area contributed by atoms with Crippen molar-refractivity contribution in [3.8, 4) is 0 Å². The normalized spacial score (nSPS) is 27.3. The third kappa shape index (κ3) is 5.04. The van der Waals surface area contributed by atoms with Gasteiger partial charge in [0, 0.05) is 39.7 Å². The molecular weight excluding hydrogens is 687 g/mol. The van der Waals surface area contributed by atoms with Crippen molar-refractivity contribution < 1.29 is 0 Å². The topological polar surface area (TPSA) is 50.7 Å². The molecule has 2 N–H and O–H groups in total. The number of hydrogen-bond donors (Lipinski definition) is 1. The summed E-state index contributed by atoms with van der Waals surface area (Å²) < 4.78 is 0. The van der Waals surface area contributed by atoms with E-state index in [1.54, 1.807) is 0 Å². The van der Waals surface area contributed by atoms with E-state index >= 15 is 0 Å². The van der Waals surface area contributed by atoms with Gasteiger partial charge in [-0.1, -0.05) is 170 Å². The molecule has 266 valence electrons. The zero-order valence-corrected chi connectivity index (χ0v) is 31.4. The minimum Gasteiger partial charge on any atom is -0.402 e. The number of nitrogens with zero attached hydrogens (tertiary/aromatic N) is 2. The van der Waals surface area contributed by atoms with Gasteiger partial charge in [0.25, 0.3) is 0 Å². The van der Waals surface area contributed by atoms with Crippen LogP contribution in [0.15, 0.2) is 201 Å². The lowest BCUT2D eigenvalue weighted by atomic mass is 9.60. The van der Waals surface area contributed by atoms with Gasteiger partial charge in [-0.15, -0.1) is 0 Å².